The maximum Gasteiger partial charge on any atom is 0.242 e. The van der Waals surface area contributed by atoms with E-state index in [9.17, 15) is 13.6 Å². The highest BCUT2D eigenvalue weighted by molar-refractivity contribution is 5.76. The molecule has 2 rings (SSSR count). The van der Waals surface area contributed by atoms with Gasteiger partial charge in [-0.2, -0.15) is 0 Å². The number of nitrogens with zero attached hydrogens (tertiary/aromatic N) is 3. The number of nitrogens with one attached hydrogen (secondary N) is 1. The second-order valence-corrected chi connectivity index (χ2v) is 4.57. The van der Waals surface area contributed by atoms with E-state index in [-0.39, 0.29) is 24.6 Å². The summed E-state index contributed by atoms with van der Waals surface area (Å²) in [6, 6.07) is 2.45. The van der Waals surface area contributed by atoms with E-state index in [1.165, 1.54) is 4.68 Å². The molecule has 1 atom stereocenters. The van der Waals surface area contributed by atoms with Crippen molar-refractivity contribution >= 4 is 5.91 Å². The molecule has 3 N–H and O–H groups in total. The van der Waals surface area contributed by atoms with E-state index in [2.05, 4.69) is 15.6 Å². The molecule has 0 aliphatic carbocycles. The Morgan fingerprint density at radius 2 is 2.24 bits per heavy atom. The van der Waals surface area contributed by atoms with Crippen LogP contribution in [0.1, 0.15) is 24.2 Å². The number of halogens is 2. The van der Waals surface area contributed by atoms with Gasteiger partial charge < -0.3 is 11.1 Å². The molecule has 1 amide bonds. The first-order valence-electron chi connectivity index (χ1n) is 6.33. The quantitative estimate of drug-likeness (QED) is 0.858. The fourth-order valence-electron chi connectivity index (χ4n) is 1.87. The lowest BCUT2D eigenvalue weighted by molar-refractivity contribution is -0.122. The van der Waals surface area contributed by atoms with Crippen LogP contribution < -0.4 is 11.1 Å². The molecule has 0 fully saturated rings. The molecule has 0 aliphatic heterocycles. The Morgan fingerprint density at radius 1 is 1.48 bits per heavy atom. The highest BCUT2D eigenvalue weighted by atomic mass is 19.1. The van der Waals surface area contributed by atoms with Crippen molar-refractivity contribution < 1.29 is 13.6 Å². The first kappa shape index (κ1) is 15.0. The number of carbonyl (C=O) groups is 1. The lowest BCUT2D eigenvalue weighted by Gasteiger charge is -2.15. The first-order valence-corrected chi connectivity index (χ1v) is 6.33. The average Bonchev–Trinajstić information content (AvgIpc) is 2.88. The van der Waals surface area contributed by atoms with Crippen LogP contribution in [0, 0.1) is 11.6 Å². The number of amides is 1. The molecule has 1 aromatic carbocycles. The van der Waals surface area contributed by atoms with E-state index in [0.717, 1.165) is 18.2 Å². The number of hydrogen-bond donors (Lipinski definition) is 2. The molecule has 8 heteroatoms. The van der Waals surface area contributed by atoms with Crippen molar-refractivity contribution in [1.29, 1.82) is 0 Å². The highest BCUT2D eigenvalue weighted by Crippen LogP contribution is 2.17. The summed E-state index contributed by atoms with van der Waals surface area (Å²) in [5.41, 5.74) is 6.04. The molecule has 6 nitrogen and oxygen atoms in total. The van der Waals surface area contributed by atoms with E-state index in [4.69, 9.17) is 5.73 Å². The van der Waals surface area contributed by atoms with Gasteiger partial charge in [0.15, 0.2) is 0 Å². The second-order valence-electron chi connectivity index (χ2n) is 4.57. The molecule has 0 spiro atoms. The summed E-state index contributed by atoms with van der Waals surface area (Å²) in [5.74, 6) is -1.52. The Bertz CT molecular complexity index is 643. The largest absolute Gasteiger partial charge is 0.348 e. The van der Waals surface area contributed by atoms with Crippen LogP contribution in [-0.2, 0) is 17.9 Å². The molecule has 1 unspecified atom stereocenters. The van der Waals surface area contributed by atoms with Crippen molar-refractivity contribution in [2.75, 3.05) is 0 Å². The van der Waals surface area contributed by atoms with Gasteiger partial charge in [-0.15, -0.1) is 5.10 Å². The van der Waals surface area contributed by atoms with Crippen molar-refractivity contribution in [3.8, 4) is 0 Å². The summed E-state index contributed by atoms with van der Waals surface area (Å²) in [4.78, 5) is 11.8. The molecular weight excluding hydrogens is 280 g/mol. The number of rotatable bonds is 5. The normalized spacial score (nSPS) is 12.2. The maximum absolute atomic E-state index is 13.6. The molecule has 0 aliphatic rings. The predicted molar refractivity (Wildman–Crippen MR) is 70.8 cm³/mol. The number of hydrogen-bond acceptors (Lipinski definition) is 4. The minimum Gasteiger partial charge on any atom is -0.348 e. The summed E-state index contributed by atoms with van der Waals surface area (Å²) in [5, 5.41) is 10.1. The van der Waals surface area contributed by atoms with E-state index in [1.807, 2.05) is 0 Å². The zero-order chi connectivity index (χ0) is 15.4. The van der Waals surface area contributed by atoms with Crippen LogP contribution in [0.5, 0.6) is 0 Å². The topological polar surface area (TPSA) is 85.8 Å². The third kappa shape index (κ3) is 3.82. The summed E-state index contributed by atoms with van der Waals surface area (Å²) in [7, 11) is 0. The molecular formula is C13H15F2N5O. The van der Waals surface area contributed by atoms with E-state index in [0.29, 0.717) is 5.69 Å². The highest BCUT2D eigenvalue weighted by Gasteiger charge is 2.15. The van der Waals surface area contributed by atoms with Crippen LogP contribution in [0.2, 0.25) is 0 Å². The lowest BCUT2D eigenvalue weighted by atomic mass is 10.1. The van der Waals surface area contributed by atoms with Crippen LogP contribution in [-0.4, -0.2) is 20.9 Å². The Morgan fingerprint density at radius 3 is 2.90 bits per heavy atom. The second kappa shape index (κ2) is 6.40. The van der Waals surface area contributed by atoms with Crippen LogP contribution in [0.3, 0.4) is 0 Å². The van der Waals surface area contributed by atoms with Crippen molar-refractivity contribution in [2.24, 2.45) is 5.73 Å². The van der Waals surface area contributed by atoms with Gasteiger partial charge in [-0.3, -0.25) is 4.79 Å². The van der Waals surface area contributed by atoms with Gasteiger partial charge in [0.05, 0.1) is 17.9 Å². The molecule has 112 valence electrons. The molecule has 0 radical (unpaired) electrons. The molecule has 0 bridgehead atoms. The zero-order valence-electron chi connectivity index (χ0n) is 11.4. The zero-order valence-corrected chi connectivity index (χ0v) is 11.4. The Balaban J connectivity index is 2.00. The summed E-state index contributed by atoms with van der Waals surface area (Å²) < 4.78 is 28.0. The maximum atomic E-state index is 13.6. The number of aromatic nitrogens is 3. The Hall–Kier alpha value is -2.35. The van der Waals surface area contributed by atoms with Crippen molar-refractivity contribution in [3.05, 3.63) is 47.3 Å². The lowest BCUT2D eigenvalue weighted by Crippen LogP contribution is -2.30. The van der Waals surface area contributed by atoms with Gasteiger partial charge in [0.2, 0.25) is 5.91 Å². The van der Waals surface area contributed by atoms with Crippen LogP contribution in [0.25, 0.3) is 0 Å². The fourth-order valence-corrected chi connectivity index (χ4v) is 1.87. The van der Waals surface area contributed by atoms with Gasteiger partial charge in [0, 0.05) is 12.1 Å². The van der Waals surface area contributed by atoms with E-state index in [1.54, 1.807) is 13.1 Å². The third-order valence-corrected chi connectivity index (χ3v) is 2.90. The summed E-state index contributed by atoms with van der Waals surface area (Å²) >= 11 is 0. The standard InChI is InChI=1S/C13H15F2N5O/c1-8(11-4-9(14)2-3-12(11)15)17-13(21)7-20-6-10(5-16)18-19-20/h2-4,6,8H,5,7,16H2,1H3,(H,17,21). The molecule has 1 heterocycles. The Labute approximate surface area is 119 Å². The molecule has 1 aromatic heterocycles. The molecule has 0 saturated carbocycles. The SMILES string of the molecule is CC(NC(=O)Cn1cc(CN)nn1)c1cc(F)ccc1F. The first-order chi connectivity index (χ1) is 9.99. The Kier molecular flexibility index (Phi) is 4.59. The summed E-state index contributed by atoms with van der Waals surface area (Å²) in [6.45, 7) is 1.73. The number of benzene rings is 1. The van der Waals surface area contributed by atoms with Crippen molar-refractivity contribution in [3.63, 3.8) is 0 Å². The van der Waals surface area contributed by atoms with Crippen molar-refractivity contribution in [2.45, 2.75) is 26.1 Å². The van der Waals surface area contributed by atoms with E-state index >= 15 is 0 Å². The fraction of sp³-hybridized carbons (Fsp3) is 0.308. The monoisotopic (exact) mass is 295 g/mol. The van der Waals surface area contributed by atoms with Crippen molar-refractivity contribution in [1.82, 2.24) is 20.3 Å². The average molecular weight is 295 g/mol. The van der Waals surface area contributed by atoms with Crippen LogP contribution in [0.15, 0.2) is 24.4 Å². The van der Waals surface area contributed by atoms with Gasteiger partial charge in [-0.1, -0.05) is 5.21 Å². The third-order valence-electron chi connectivity index (χ3n) is 2.90. The minimum absolute atomic E-state index is 0.0751. The van der Waals surface area contributed by atoms with Crippen LogP contribution >= 0.6 is 0 Å². The number of carbonyl (C=O) groups excluding carboxylic acids is 1. The van der Waals surface area contributed by atoms with Gasteiger partial charge in [-0.25, -0.2) is 13.5 Å². The molecule has 0 saturated heterocycles. The smallest absolute Gasteiger partial charge is 0.242 e. The van der Waals surface area contributed by atoms with Crippen LogP contribution in [0.4, 0.5) is 8.78 Å². The van der Waals surface area contributed by atoms with Gasteiger partial charge in [0.1, 0.15) is 18.2 Å². The molecule has 21 heavy (non-hydrogen) atoms. The van der Waals surface area contributed by atoms with Gasteiger partial charge in [-0.05, 0) is 25.1 Å². The van der Waals surface area contributed by atoms with Gasteiger partial charge in [0.25, 0.3) is 0 Å². The van der Waals surface area contributed by atoms with E-state index < -0.39 is 17.7 Å². The number of nitrogens with two attached hydrogens (primary N) is 1. The minimum atomic E-state index is -0.661. The molecule has 2 aromatic rings. The predicted octanol–water partition coefficient (Wildman–Crippen LogP) is 0.892. The van der Waals surface area contributed by atoms with Gasteiger partial charge >= 0.3 is 0 Å². The summed E-state index contributed by atoms with van der Waals surface area (Å²) in [6.07, 6.45) is 1.55.